The zero-order chi connectivity index (χ0) is 18.8. The fourth-order valence-corrected chi connectivity index (χ4v) is 3.27. The monoisotopic (exact) mass is 364 g/mol. The van der Waals surface area contributed by atoms with E-state index in [1.165, 1.54) is 4.58 Å². The number of carbonyl (C=O) groups is 3. The number of amides is 3. The SMILES string of the molecule is O=C(Cc1ccc2c(c1)OCC2)NCC[N+]1=c2ccccc2=NC(=O)C1=O. The first-order valence-corrected chi connectivity index (χ1v) is 8.80. The molecular formula is C20H18N3O4+. The van der Waals surface area contributed by atoms with Gasteiger partial charge in [-0.2, -0.15) is 4.99 Å². The summed E-state index contributed by atoms with van der Waals surface area (Å²) >= 11 is 0. The summed E-state index contributed by atoms with van der Waals surface area (Å²) in [6.45, 7) is 1.13. The van der Waals surface area contributed by atoms with Crippen molar-refractivity contribution in [2.45, 2.75) is 12.8 Å². The van der Waals surface area contributed by atoms with Crippen molar-refractivity contribution in [2.24, 2.45) is 4.99 Å². The van der Waals surface area contributed by atoms with Crippen molar-refractivity contribution in [1.29, 1.82) is 0 Å². The number of nitrogens with one attached hydrogen (secondary N) is 1. The quantitative estimate of drug-likeness (QED) is 0.553. The molecule has 7 heteroatoms. The van der Waals surface area contributed by atoms with E-state index < -0.39 is 11.8 Å². The Morgan fingerprint density at radius 2 is 2.04 bits per heavy atom. The first kappa shape index (κ1) is 17.1. The number of benzene rings is 2. The van der Waals surface area contributed by atoms with Crippen LogP contribution in [0, 0.1) is 0 Å². The molecule has 0 radical (unpaired) electrons. The molecule has 0 atom stereocenters. The standard InChI is InChI=1S/C20H17N3O4/c24-18(12-13-5-6-14-7-10-27-17(14)11-13)21-8-9-23-16-4-2-1-3-15(16)22-19(25)20(23)26/h1-6,11H,7-10,12H2/p+1. The largest absolute Gasteiger partial charge is 0.493 e. The number of para-hydroxylation sites is 2. The predicted molar refractivity (Wildman–Crippen MR) is 95.7 cm³/mol. The van der Waals surface area contributed by atoms with Gasteiger partial charge in [0, 0.05) is 12.5 Å². The van der Waals surface area contributed by atoms with E-state index in [0.29, 0.717) is 17.3 Å². The molecule has 0 saturated heterocycles. The maximum absolute atomic E-state index is 12.2. The van der Waals surface area contributed by atoms with Gasteiger partial charge in [-0.3, -0.25) is 9.59 Å². The lowest BCUT2D eigenvalue weighted by atomic mass is 10.1. The Morgan fingerprint density at radius 1 is 1.19 bits per heavy atom. The van der Waals surface area contributed by atoms with E-state index >= 15 is 0 Å². The summed E-state index contributed by atoms with van der Waals surface area (Å²) in [6, 6.07) is 12.8. The molecule has 27 heavy (non-hydrogen) atoms. The van der Waals surface area contributed by atoms with Crippen LogP contribution in [-0.4, -0.2) is 37.4 Å². The minimum Gasteiger partial charge on any atom is -0.493 e. The zero-order valence-corrected chi connectivity index (χ0v) is 14.6. The van der Waals surface area contributed by atoms with Crippen LogP contribution < -0.4 is 25.3 Å². The Morgan fingerprint density at radius 3 is 2.93 bits per heavy atom. The van der Waals surface area contributed by atoms with Crippen molar-refractivity contribution in [2.75, 3.05) is 19.7 Å². The van der Waals surface area contributed by atoms with Crippen molar-refractivity contribution in [3.63, 3.8) is 0 Å². The molecule has 2 aromatic carbocycles. The van der Waals surface area contributed by atoms with Crippen molar-refractivity contribution in [3.8, 4) is 5.75 Å². The lowest BCUT2D eigenvalue weighted by molar-refractivity contribution is -0.139. The first-order chi connectivity index (χ1) is 13.1. The summed E-state index contributed by atoms with van der Waals surface area (Å²) in [5, 5.41) is 3.84. The van der Waals surface area contributed by atoms with Gasteiger partial charge >= 0.3 is 11.8 Å². The Kier molecular flexibility index (Phi) is 4.50. The minimum atomic E-state index is -0.793. The van der Waals surface area contributed by atoms with E-state index in [2.05, 4.69) is 10.3 Å². The first-order valence-electron chi connectivity index (χ1n) is 8.80. The van der Waals surface area contributed by atoms with E-state index in [4.69, 9.17) is 4.74 Å². The Hall–Kier alpha value is -3.35. The second kappa shape index (κ2) is 7.11. The lowest BCUT2D eigenvalue weighted by Crippen LogP contribution is -2.52. The third kappa shape index (κ3) is 3.48. The van der Waals surface area contributed by atoms with Gasteiger partial charge in [0.25, 0.3) is 0 Å². The highest BCUT2D eigenvalue weighted by molar-refractivity contribution is 6.36. The van der Waals surface area contributed by atoms with Crippen LogP contribution >= 0.6 is 0 Å². The summed E-state index contributed by atoms with van der Waals surface area (Å²) in [6.07, 6.45) is 1.13. The molecule has 0 bridgehead atoms. The van der Waals surface area contributed by atoms with Gasteiger partial charge < -0.3 is 10.1 Å². The van der Waals surface area contributed by atoms with Crippen LogP contribution in [0.2, 0.25) is 0 Å². The highest BCUT2D eigenvalue weighted by atomic mass is 16.5. The topological polar surface area (TPSA) is 87.8 Å². The van der Waals surface area contributed by atoms with Crippen LogP contribution in [0.5, 0.6) is 5.75 Å². The molecule has 7 nitrogen and oxygen atoms in total. The number of hydrogen-bond donors (Lipinski definition) is 1. The van der Waals surface area contributed by atoms with E-state index in [9.17, 15) is 14.4 Å². The molecule has 3 amide bonds. The summed E-state index contributed by atoms with van der Waals surface area (Å²) in [7, 11) is 0. The van der Waals surface area contributed by atoms with Gasteiger partial charge in [-0.1, -0.05) is 24.3 Å². The third-order valence-electron chi connectivity index (χ3n) is 4.61. The number of hydrogen-bond acceptors (Lipinski definition) is 4. The second-order valence-corrected chi connectivity index (χ2v) is 6.43. The Labute approximate surface area is 155 Å². The van der Waals surface area contributed by atoms with Crippen LogP contribution in [-0.2, 0) is 27.2 Å². The number of fused-ring (bicyclic) bond motifs is 2. The fourth-order valence-electron chi connectivity index (χ4n) is 3.27. The molecule has 2 aliphatic heterocycles. The predicted octanol–water partition coefficient (Wildman–Crippen LogP) is -0.842. The maximum atomic E-state index is 12.2. The lowest BCUT2D eigenvalue weighted by Gasteiger charge is -2.07. The highest BCUT2D eigenvalue weighted by Crippen LogP contribution is 2.26. The van der Waals surface area contributed by atoms with Crippen molar-refractivity contribution >= 4 is 17.7 Å². The minimum absolute atomic E-state index is 0.151. The number of ether oxygens (including phenoxy) is 1. The average Bonchev–Trinajstić information content (AvgIpc) is 3.12. The summed E-state index contributed by atoms with van der Waals surface area (Å²) in [5.41, 5.74) is 2.04. The van der Waals surface area contributed by atoms with Gasteiger partial charge in [0.05, 0.1) is 19.6 Å². The summed E-state index contributed by atoms with van der Waals surface area (Å²) in [5.74, 6) is -0.781. The van der Waals surface area contributed by atoms with Gasteiger partial charge in [-0.05, 0) is 23.3 Å². The fraction of sp³-hybridized carbons (Fsp3) is 0.250. The molecule has 4 rings (SSSR count). The highest BCUT2D eigenvalue weighted by Gasteiger charge is 2.30. The van der Waals surface area contributed by atoms with Gasteiger partial charge in [0.15, 0.2) is 6.54 Å². The molecule has 0 fully saturated rings. The van der Waals surface area contributed by atoms with E-state index in [0.717, 1.165) is 23.3 Å². The van der Waals surface area contributed by atoms with Crippen LogP contribution in [0.3, 0.4) is 0 Å². The van der Waals surface area contributed by atoms with E-state index in [1.54, 1.807) is 24.3 Å². The second-order valence-electron chi connectivity index (χ2n) is 6.43. The number of nitrogens with zero attached hydrogens (tertiary/aromatic N) is 2. The van der Waals surface area contributed by atoms with Crippen LogP contribution in [0.25, 0.3) is 0 Å². The molecule has 2 aliphatic rings. The van der Waals surface area contributed by atoms with Gasteiger partial charge in [0.1, 0.15) is 11.1 Å². The van der Waals surface area contributed by atoms with Gasteiger partial charge in [-0.25, -0.2) is 4.79 Å². The van der Waals surface area contributed by atoms with Crippen molar-refractivity contribution < 1.29 is 19.1 Å². The molecule has 2 heterocycles. The molecule has 0 saturated carbocycles. The van der Waals surface area contributed by atoms with Gasteiger partial charge in [0.2, 0.25) is 11.3 Å². The third-order valence-corrected chi connectivity index (χ3v) is 4.61. The molecule has 0 aromatic heterocycles. The number of carbonyl (C=O) groups excluding carboxylic acids is 3. The van der Waals surface area contributed by atoms with Crippen molar-refractivity contribution in [1.82, 2.24) is 9.89 Å². The Bertz CT molecular complexity index is 1070. The van der Waals surface area contributed by atoms with E-state index in [-0.39, 0.29) is 25.4 Å². The molecule has 136 valence electrons. The summed E-state index contributed by atoms with van der Waals surface area (Å²) < 4.78 is 6.87. The van der Waals surface area contributed by atoms with Crippen molar-refractivity contribution in [3.05, 3.63) is 64.3 Å². The molecule has 1 N–H and O–H groups in total. The van der Waals surface area contributed by atoms with Crippen LogP contribution in [0.15, 0.2) is 47.5 Å². The smallest absolute Gasteiger partial charge is 0.480 e. The molecule has 2 aromatic rings. The van der Waals surface area contributed by atoms with E-state index in [1.807, 2.05) is 18.2 Å². The molecular weight excluding hydrogens is 346 g/mol. The van der Waals surface area contributed by atoms with Crippen LogP contribution in [0.4, 0.5) is 0 Å². The molecule has 0 aliphatic carbocycles. The Balaban J connectivity index is 1.41. The molecule has 0 spiro atoms. The normalized spacial score (nSPS) is 14.9. The van der Waals surface area contributed by atoms with Crippen LogP contribution in [0.1, 0.15) is 11.1 Å². The molecule has 0 unspecified atom stereocenters. The maximum Gasteiger partial charge on any atom is 0.480 e. The van der Waals surface area contributed by atoms with Gasteiger partial charge in [-0.15, -0.1) is 4.58 Å². The number of rotatable bonds is 5. The summed E-state index contributed by atoms with van der Waals surface area (Å²) in [4.78, 5) is 39.8. The average molecular weight is 364 g/mol. The zero-order valence-electron chi connectivity index (χ0n) is 14.6.